The van der Waals surface area contributed by atoms with Gasteiger partial charge < -0.3 is 5.73 Å². The minimum atomic E-state index is -4.45. The van der Waals surface area contributed by atoms with Crippen molar-refractivity contribution in [2.75, 3.05) is 5.75 Å². The van der Waals surface area contributed by atoms with E-state index in [2.05, 4.69) is 10.1 Å². The standard InChI is InChI=1S/C19H18F3N5O2S2/c1-2-31(24,29)15-7-11(18(5-6-18)17(23)28)3-4-13(15)14-10-27-16(26-14)8-12(9-25-27)30-19(20,21)22/h3-4,7-10,24H,2,5-6H2,1H3,(H2,23,28). The summed E-state index contributed by atoms with van der Waals surface area (Å²) >= 11 is -0.289. The lowest BCUT2D eigenvalue weighted by atomic mass is 9.94. The number of fused-ring (bicyclic) bond motifs is 1. The Morgan fingerprint density at radius 3 is 2.65 bits per heavy atom. The third-order valence-corrected chi connectivity index (χ3v) is 7.87. The second-order valence-corrected chi connectivity index (χ2v) is 10.8. The second kappa shape index (κ2) is 7.23. The second-order valence-electron chi connectivity index (χ2n) is 7.29. The topological polar surface area (TPSA) is 114 Å². The number of benzene rings is 1. The van der Waals surface area contributed by atoms with Gasteiger partial charge in [0.1, 0.15) is 0 Å². The van der Waals surface area contributed by atoms with Crippen molar-refractivity contribution in [2.24, 2.45) is 5.73 Å². The average molecular weight is 470 g/mol. The van der Waals surface area contributed by atoms with Crippen LogP contribution in [0.25, 0.3) is 16.9 Å². The van der Waals surface area contributed by atoms with Crippen LogP contribution in [0, 0.1) is 4.78 Å². The maximum atomic E-state index is 13.0. The van der Waals surface area contributed by atoms with Gasteiger partial charge in [-0.2, -0.15) is 18.3 Å². The fraction of sp³-hybridized carbons (Fsp3) is 0.316. The lowest BCUT2D eigenvalue weighted by Crippen LogP contribution is -2.28. The van der Waals surface area contributed by atoms with Crippen LogP contribution in [0.3, 0.4) is 0 Å². The number of carbonyl (C=O) groups is 1. The normalized spacial score (nSPS) is 17.4. The number of nitrogens with one attached hydrogen (secondary N) is 1. The molecule has 2 aromatic heterocycles. The van der Waals surface area contributed by atoms with E-state index in [0.29, 0.717) is 29.7 Å². The molecule has 1 saturated carbocycles. The number of amides is 1. The fourth-order valence-corrected chi connectivity index (χ4v) is 5.13. The van der Waals surface area contributed by atoms with Crippen molar-refractivity contribution >= 4 is 33.0 Å². The van der Waals surface area contributed by atoms with E-state index in [0.717, 1.165) is 6.20 Å². The summed E-state index contributed by atoms with van der Waals surface area (Å²) in [5.74, 6) is -0.420. The molecule has 4 rings (SSSR count). The molecule has 1 fully saturated rings. The van der Waals surface area contributed by atoms with E-state index in [1.807, 2.05) is 0 Å². The zero-order chi connectivity index (χ0) is 22.6. The number of aromatic nitrogens is 3. The van der Waals surface area contributed by atoms with Crippen LogP contribution in [-0.2, 0) is 19.9 Å². The van der Waals surface area contributed by atoms with Crippen molar-refractivity contribution in [2.45, 2.75) is 40.5 Å². The van der Waals surface area contributed by atoms with E-state index in [-0.39, 0.29) is 33.0 Å². The summed E-state index contributed by atoms with van der Waals surface area (Å²) in [5.41, 5.74) is 1.81. The number of rotatable bonds is 6. The third-order valence-electron chi connectivity index (χ3n) is 5.32. The Hall–Kier alpha value is -2.60. The first-order valence-electron chi connectivity index (χ1n) is 9.28. The number of primary amides is 1. The van der Waals surface area contributed by atoms with E-state index in [1.54, 1.807) is 25.1 Å². The Morgan fingerprint density at radius 2 is 2.06 bits per heavy atom. The molecule has 164 valence electrons. The minimum Gasteiger partial charge on any atom is -0.369 e. The molecule has 31 heavy (non-hydrogen) atoms. The molecule has 1 unspecified atom stereocenters. The Bertz CT molecular complexity index is 1300. The SMILES string of the molecule is CCS(=N)(=O)c1cc(C2(C(N)=O)CC2)ccc1-c1cn2ncc(SC(F)(F)F)cc2n1. The van der Waals surface area contributed by atoms with Crippen LogP contribution in [0.2, 0.25) is 0 Å². The molecule has 0 spiro atoms. The molecule has 0 radical (unpaired) electrons. The Balaban J connectivity index is 1.83. The van der Waals surface area contributed by atoms with Crippen molar-refractivity contribution in [3.05, 3.63) is 42.2 Å². The minimum absolute atomic E-state index is 0.0466. The predicted octanol–water partition coefficient (Wildman–Crippen LogP) is 3.95. The first kappa shape index (κ1) is 21.6. The van der Waals surface area contributed by atoms with Gasteiger partial charge >= 0.3 is 5.51 Å². The molecule has 0 bridgehead atoms. The molecule has 12 heteroatoms. The predicted molar refractivity (Wildman–Crippen MR) is 110 cm³/mol. The van der Waals surface area contributed by atoms with Gasteiger partial charge in [0.15, 0.2) is 5.65 Å². The highest BCUT2D eigenvalue weighted by Gasteiger charge is 2.50. The van der Waals surface area contributed by atoms with E-state index in [4.69, 9.17) is 10.5 Å². The Kier molecular flexibility index (Phi) is 5.04. The van der Waals surface area contributed by atoms with Crippen molar-refractivity contribution in [1.82, 2.24) is 14.6 Å². The number of halogens is 3. The summed E-state index contributed by atoms with van der Waals surface area (Å²) in [6.07, 6.45) is 3.76. The average Bonchev–Trinajstić information content (AvgIpc) is 3.40. The lowest BCUT2D eigenvalue weighted by molar-refractivity contribution is -0.120. The Labute approximate surface area is 180 Å². The van der Waals surface area contributed by atoms with Gasteiger partial charge in [0.25, 0.3) is 0 Å². The van der Waals surface area contributed by atoms with Crippen LogP contribution in [0.4, 0.5) is 13.2 Å². The van der Waals surface area contributed by atoms with Crippen LogP contribution >= 0.6 is 11.8 Å². The summed E-state index contributed by atoms with van der Waals surface area (Å²) in [5, 5.41) is 3.97. The number of thioether (sulfide) groups is 1. The van der Waals surface area contributed by atoms with Crippen LogP contribution in [0.1, 0.15) is 25.3 Å². The van der Waals surface area contributed by atoms with Gasteiger partial charge in [0.05, 0.1) is 38.1 Å². The van der Waals surface area contributed by atoms with E-state index >= 15 is 0 Å². The highest BCUT2D eigenvalue weighted by molar-refractivity contribution is 8.00. The molecule has 1 amide bonds. The highest BCUT2D eigenvalue weighted by atomic mass is 32.2. The van der Waals surface area contributed by atoms with Crippen molar-refractivity contribution in [3.8, 4) is 11.3 Å². The molecule has 1 atom stereocenters. The number of carbonyl (C=O) groups excluding carboxylic acids is 1. The van der Waals surface area contributed by atoms with Crippen molar-refractivity contribution in [1.29, 1.82) is 4.78 Å². The summed E-state index contributed by atoms with van der Waals surface area (Å²) in [6.45, 7) is 1.62. The zero-order valence-corrected chi connectivity index (χ0v) is 17.9. The van der Waals surface area contributed by atoms with Gasteiger partial charge in [-0.25, -0.2) is 18.5 Å². The van der Waals surface area contributed by atoms with Gasteiger partial charge in [-0.05, 0) is 42.3 Å². The summed E-state index contributed by atoms with van der Waals surface area (Å²) in [7, 11) is -3.20. The third kappa shape index (κ3) is 4.01. The van der Waals surface area contributed by atoms with Crippen molar-refractivity contribution < 1.29 is 22.2 Å². The maximum Gasteiger partial charge on any atom is 0.446 e. The number of nitrogens with two attached hydrogens (primary N) is 1. The highest BCUT2D eigenvalue weighted by Crippen LogP contribution is 2.49. The smallest absolute Gasteiger partial charge is 0.369 e. The lowest BCUT2D eigenvalue weighted by Gasteiger charge is -2.16. The maximum absolute atomic E-state index is 13.0. The molecule has 1 aromatic carbocycles. The molecule has 7 nitrogen and oxygen atoms in total. The number of hydrogen-bond donors (Lipinski definition) is 2. The molecule has 3 N–H and O–H groups in total. The number of hydrogen-bond acceptors (Lipinski definition) is 6. The Morgan fingerprint density at radius 1 is 1.35 bits per heavy atom. The van der Waals surface area contributed by atoms with Crippen LogP contribution in [-0.4, -0.2) is 36.0 Å². The van der Waals surface area contributed by atoms with Gasteiger partial charge in [-0.3, -0.25) is 4.79 Å². The quantitative estimate of drug-likeness (QED) is 0.531. The van der Waals surface area contributed by atoms with E-state index in [1.165, 1.54) is 16.8 Å². The van der Waals surface area contributed by atoms with Gasteiger partial charge in [-0.15, -0.1) is 0 Å². The van der Waals surface area contributed by atoms with Crippen LogP contribution in [0.5, 0.6) is 0 Å². The molecule has 1 aliphatic carbocycles. The van der Waals surface area contributed by atoms with Gasteiger partial charge in [-0.1, -0.05) is 19.1 Å². The van der Waals surface area contributed by atoms with Crippen LogP contribution in [0.15, 0.2) is 46.5 Å². The molecule has 0 aliphatic heterocycles. The first-order chi connectivity index (χ1) is 14.4. The van der Waals surface area contributed by atoms with Crippen molar-refractivity contribution in [3.63, 3.8) is 0 Å². The van der Waals surface area contributed by atoms with Gasteiger partial charge in [0, 0.05) is 16.2 Å². The van der Waals surface area contributed by atoms with Gasteiger partial charge in [0.2, 0.25) is 5.91 Å². The molecular formula is C19H18F3N5O2S2. The monoisotopic (exact) mass is 469 g/mol. The van der Waals surface area contributed by atoms with Crippen LogP contribution < -0.4 is 5.73 Å². The largest absolute Gasteiger partial charge is 0.446 e. The molecule has 0 saturated heterocycles. The molecule has 2 heterocycles. The number of alkyl halides is 3. The molecule has 1 aliphatic rings. The summed E-state index contributed by atoms with van der Waals surface area (Å²) < 4.78 is 60.6. The molecular weight excluding hydrogens is 451 g/mol. The van der Waals surface area contributed by atoms with E-state index in [9.17, 15) is 22.2 Å². The first-order valence-corrected chi connectivity index (χ1v) is 11.8. The van der Waals surface area contributed by atoms with E-state index < -0.39 is 26.6 Å². The number of nitrogens with zero attached hydrogens (tertiary/aromatic N) is 3. The molecule has 3 aromatic rings. The zero-order valence-electron chi connectivity index (χ0n) is 16.3. The summed E-state index contributed by atoms with van der Waals surface area (Å²) in [6, 6.07) is 6.16. The fourth-order valence-electron chi connectivity index (χ4n) is 3.44. The summed E-state index contributed by atoms with van der Waals surface area (Å²) in [4.78, 5) is 16.4. The number of imidazole rings is 1.